The van der Waals surface area contributed by atoms with E-state index in [1.165, 1.54) is 12.5 Å². The Hall–Kier alpha value is -2.33. The van der Waals surface area contributed by atoms with Crippen molar-refractivity contribution in [3.63, 3.8) is 0 Å². The van der Waals surface area contributed by atoms with Gasteiger partial charge in [0.05, 0.1) is 12.8 Å². The lowest BCUT2D eigenvalue weighted by Crippen LogP contribution is -2.20. The summed E-state index contributed by atoms with van der Waals surface area (Å²) in [6.45, 7) is 4.39. The van der Waals surface area contributed by atoms with Gasteiger partial charge >= 0.3 is 0 Å². The predicted octanol–water partition coefficient (Wildman–Crippen LogP) is 3.89. The van der Waals surface area contributed by atoms with E-state index in [4.69, 9.17) is 4.74 Å². The lowest BCUT2D eigenvalue weighted by Gasteiger charge is -2.18. The number of rotatable bonds is 7. The molecule has 0 heterocycles. The summed E-state index contributed by atoms with van der Waals surface area (Å²) in [7, 11) is 1.60. The molecule has 0 aliphatic carbocycles. The largest absolute Gasteiger partial charge is 0.495 e. The van der Waals surface area contributed by atoms with Crippen LogP contribution in [0.25, 0.3) is 0 Å². The van der Waals surface area contributed by atoms with Crippen molar-refractivity contribution in [2.24, 2.45) is 0 Å². The van der Waals surface area contributed by atoms with Gasteiger partial charge in [0.2, 0.25) is 5.91 Å². The first kappa shape index (κ1) is 17.0. The smallest absolute Gasteiger partial charge is 0.221 e. The number of benzene rings is 2. The van der Waals surface area contributed by atoms with Crippen molar-refractivity contribution in [1.82, 2.24) is 5.32 Å². The van der Waals surface area contributed by atoms with Gasteiger partial charge in [0.1, 0.15) is 5.75 Å². The maximum atomic E-state index is 11.3. The summed E-state index contributed by atoms with van der Waals surface area (Å²) in [5.41, 5.74) is 3.08. The van der Waals surface area contributed by atoms with Crippen LogP contribution >= 0.6 is 0 Å². The fourth-order valence-corrected chi connectivity index (χ4v) is 2.58. The van der Waals surface area contributed by atoms with E-state index < -0.39 is 0 Å². The number of nitrogens with one attached hydrogen (secondary N) is 2. The highest BCUT2D eigenvalue weighted by Gasteiger charge is 2.10. The lowest BCUT2D eigenvalue weighted by molar-refractivity contribution is -0.114. The molecule has 0 spiro atoms. The zero-order chi connectivity index (χ0) is 16.7. The number of carbonyl (C=O) groups excluding carboxylic acids is 1. The van der Waals surface area contributed by atoms with Crippen molar-refractivity contribution in [3.05, 3.63) is 59.7 Å². The molecule has 1 amide bonds. The van der Waals surface area contributed by atoms with Crippen molar-refractivity contribution >= 4 is 11.6 Å². The van der Waals surface area contributed by atoms with Crippen LogP contribution in [0.2, 0.25) is 0 Å². The normalized spacial score (nSPS) is 11.8. The van der Waals surface area contributed by atoms with Crippen LogP contribution in [0.1, 0.15) is 37.4 Å². The quantitative estimate of drug-likeness (QED) is 0.815. The minimum atomic E-state index is -0.107. The maximum Gasteiger partial charge on any atom is 0.221 e. The molecule has 4 nitrogen and oxygen atoms in total. The maximum absolute atomic E-state index is 11.3. The van der Waals surface area contributed by atoms with Crippen molar-refractivity contribution in [3.8, 4) is 5.75 Å². The first-order valence-electron chi connectivity index (χ1n) is 7.87. The Morgan fingerprint density at radius 1 is 1.17 bits per heavy atom. The number of anilines is 1. The standard InChI is InChI=1S/C19H24N2O2/c1-4-17(16-8-6-5-7-9-16)20-13-15-10-11-19(23-3)18(12-15)21-14(2)22/h5-12,17,20H,4,13H2,1-3H3,(H,21,22)/t17-/m0/s1. The van der Waals surface area contributed by atoms with Crippen molar-refractivity contribution in [1.29, 1.82) is 0 Å². The van der Waals surface area contributed by atoms with Gasteiger partial charge in [-0.15, -0.1) is 0 Å². The summed E-state index contributed by atoms with van der Waals surface area (Å²) in [5, 5.41) is 6.37. The fourth-order valence-electron chi connectivity index (χ4n) is 2.58. The average molecular weight is 312 g/mol. The second-order valence-corrected chi connectivity index (χ2v) is 5.47. The molecule has 0 radical (unpaired) electrons. The van der Waals surface area contributed by atoms with E-state index in [1.54, 1.807) is 7.11 Å². The Balaban J connectivity index is 2.09. The molecule has 0 saturated carbocycles. The average Bonchev–Trinajstić information content (AvgIpc) is 2.56. The molecular weight excluding hydrogens is 288 g/mol. The van der Waals surface area contributed by atoms with E-state index in [2.05, 4.69) is 41.8 Å². The molecule has 0 bridgehead atoms. The van der Waals surface area contributed by atoms with Crippen LogP contribution in [0.15, 0.2) is 48.5 Å². The number of hydrogen-bond donors (Lipinski definition) is 2. The molecule has 0 aromatic heterocycles. The monoisotopic (exact) mass is 312 g/mol. The molecule has 0 saturated heterocycles. The van der Waals surface area contributed by atoms with E-state index in [0.717, 1.165) is 18.5 Å². The van der Waals surface area contributed by atoms with E-state index >= 15 is 0 Å². The number of hydrogen-bond acceptors (Lipinski definition) is 3. The Bertz CT molecular complexity index is 641. The van der Waals surface area contributed by atoms with Crippen molar-refractivity contribution < 1.29 is 9.53 Å². The van der Waals surface area contributed by atoms with Gasteiger partial charge in [-0.2, -0.15) is 0 Å². The van der Waals surface area contributed by atoms with Gasteiger partial charge in [0.25, 0.3) is 0 Å². The molecule has 1 atom stereocenters. The van der Waals surface area contributed by atoms with Crippen molar-refractivity contribution in [2.75, 3.05) is 12.4 Å². The number of methoxy groups -OCH3 is 1. The molecule has 122 valence electrons. The summed E-state index contributed by atoms with van der Waals surface area (Å²) in [5.74, 6) is 0.559. The molecule has 23 heavy (non-hydrogen) atoms. The first-order valence-corrected chi connectivity index (χ1v) is 7.87. The summed E-state index contributed by atoms with van der Waals surface area (Å²) in [6.07, 6.45) is 1.01. The second-order valence-electron chi connectivity index (χ2n) is 5.47. The minimum Gasteiger partial charge on any atom is -0.495 e. The van der Waals surface area contributed by atoms with E-state index in [1.807, 2.05) is 24.3 Å². The number of amides is 1. The summed E-state index contributed by atoms with van der Waals surface area (Å²) in [6, 6.07) is 16.6. The minimum absolute atomic E-state index is 0.107. The third-order valence-electron chi connectivity index (χ3n) is 3.74. The Morgan fingerprint density at radius 3 is 2.52 bits per heavy atom. The molecular formula is C19H24N2O2. The highest BCUT2D eigenvalue weighted by Crippen LogP contribution is 2.26. The van der Waals surface area contributed by atoms with Crippen LogP contribution in [0.4, 0.5) is 5.69 Å². The van der Waals surface area contributed by atoms with Crippen molar-refractivity contribution in [2.45, 2.75) is 32.9 Å². The zero-order valence-corrected chi connectivity index (χ0v) is 13.9. The van der Waals surface area contributed by atoms with Crippen LogP contribution in [0.5, 0.6) is 5.75 Å². The molecule has 0 fully saturated rings. The van der Waals surface area contributed by atoms with Gasteiger partial charge in [-0.05, 0) is 29.7 Å². The summed E-state index contributed by atoms with van der Waals surface area (Å²) in [4.78, 5) is 11.3. The molecule has 2 aromatic rings. The highest BCUT2D eigenvalue weighted by molar-refractivity contribution is 5.90. The van der Waals surface area contributed by atoms with Crippen LogP contribution in [-0.2, 0) is 11.3 Å². The Kier molecular flexibility index (Phi) is 6.18. The first-order chi connectivity index (χ1) is 11.1. The Labute approximate surface area is 137 Å². The number of carbonyl (C=O) groups is 1. The molecule has 0 aliphatic heterocycles. The third-order valence-corrected chi connectivity index (χ3v) is 3.74. The molecule has 4 heteroatoms. The molecule has 2 rings (SSSR count). The SMILES string of the molecule is CC[C@H](NCc1ccc(OC)c(NC(C)=O)c1)c1ccccc1. The van der Waals surface area contributed by atoms with Crippen LogP contribution in [-0.4, -0.2) is 13.0 Å². The molecule has 0 aliphatic rings. The zero-order valence-electron chi connectivity index (χ0n) is 13.9. The van der Waals surface area contributed by atoms with Gasteiger partial charge in [0.15, 0.2) is 0 Å². The van der Waals surface area contributed by atoms with E-state index in [-0.39, 0.29) is 5.91 Å². The van der Waals surface area contributed by atoms with E-state index in [0.29, 0.717) is 17.5 Å². The predicted molar refractivity (Wildman–Crippen MR) is 93.6 cm³/mol. The lowest BCUT2D eigenvalue weighted by atomic mass is 10.0. The second kappa shape index (κ2) is 8.34. The molecule has 0 unspecified atom stereocenters. The summed E-state index contributed by atoms with van der Waals surface area (Å²) < 4.78 is 5.28. The van der Waals surface area contributed by atoms with E-state index in [9.17, 15) is 4.79 Å². The molecule has 2 aromatic carbocycles. The van der Waals surface area contributed by atoms with Gasteiger partial charge in [-0.3, -0.25) is 4.79 Å². The van der Waals surface area contributed by atoms with Gasteiger partial charge in [-0.1, -0.05) is 43.3 Å². The van der Waals surface area contributed by atoms with Gasteiger partial charge in [0, 0.05) is 19.5 Å². The highest BCUT2D eigenvalue weighted by atomic mass is 16.5. The topological polar surface area (TPSA) is 50.4 Å². The number of ether oxygens (including phenoxy) is 1. The van der Waals surface area contributed by atoms with Crippen LogP contribution in [0.3, 0.4) is 0 Å². The third kappa shape index (κ3) is 4.83. The molecule has 2 N–H and O–H groups in total. The Morgan fingerprint density at radius 2 is 1.91 bits per heavy atom. The van der Waals surface area contributed by atoms with Crippen LogP contribution in [0, 0.1) is 0 Å². The fraction of sp³-hybridized carbons (Fsp3) is 0.316. The summed E-state index contributed by atoms with van der Waals surface area (Å²) >= 11 is 0. The van der Waals surface area contributed by atoms with Gasteiger partial charge < -0.3 is 15.4 Å². The van der Waals surface area contributed by atoms with Gasteiger partial charge in [-0.25, -0.2) is 0 Å². The van der Waals surface area contributed by atoms with Crippen LogP contribution < -0.4 is 15.4 Å².